The Kier molecular flexibility index (Phi) is 5.19. The average Bonchev–Trinajstić information content (AvgIpc) is 3.04. The molecule has 0 spiro atoms. The third kappa shape index (κ3) is 3.40. The molecular formula is C13H16N2O3S2. The summed E-state index contributed by atoms with van der Waals surface area (Å²) in [6, 6.07) is 2.00. The van der Waals surface area contributed by atoms with Gasteiger partial charge in [-0.2, -0.15) is 0 Å². The van der Waals surface area contributed by atoms with Crippen molar-refractivity contribution in [1.82, 2.24) is 10.2 Å². The molecule has 0 unspecified atom stereocenters. The van der Waals surface area contributed by atoms with Crippen molar-refractivity contribution in [3.63, 3.8) is 0 Å². The molecule has 0 bridgehead atoms. The number of thiophene rings is 1. The molecular weight excluding hydrogens is 296 g/mol. The number of thioether (sulfide) groups is 1. The van der Waals surface area contributed by atoms with E-state index in [9.17, 15) is 4.79 Å². The van der Waals surface area contributed by atoms with Crippen LogP contribution in [0.15, 0.2) is 21.1 Å². The number of ether oxygens (including phenoxy) is 1. The molecule has 0 aliphatic heterocycles. The zero-order valence-corrected chi connectivity index (χ0v) is 13.2. The largest absolute Gasteiger partial charge is 0.465 e. The van der Waals surface area contributed by atoms with E-state index in [-0.39, 0.29) is 11.2 Å². The first-order valence-corrected chi connectivity index (χ1v) is 8.12. The van der Waals surface area contributed by atoms with Crippen LogP contribution in [0, 0.1) is 6.92 Å². The second-order valence-electron chi connectivity index (χ2n) is 4.07. The molecule has 2 aromatic rings. The van der Waals surface area contributed by atoms with Crippen molar-refractivity contribution in [2.24, 2.45) is 0 Å². The molecule has 0 saturated heterocycles. The second kappa shape index (κ2) is 6.90. The van der Waals surface area contributed by atoms with E-state index in [1.165, 1.54) is 11.8 Å². The van der Waals surface area contributed by atoms with Crippen LogP contribution in [0.25, 0.3) is 10.8 Å². The van der Waals surface area contributed by atoms with Crippen LogP contribution >= 0.6 is 23.1 Å². The fourth-order valence-electron chi connectivity index (χ4n) is 1.60. The molecule has 0 aliphatic rings. The number of esters is 1. The lowest BCUT2D eigenvalue weighted by Crippen LogP contribution is -2.19. The van der Waals surface area contributed by atoms with Gasteiger partial charge in [0.25, 0.3) is 11.1 Å². The quantitative estimate of drug-likeness (QED) is 0.600. The number of aromatic nitrogens is 2. The van der Waals surface area contributed by atoms with Crippen LogP contribution in [0.2, 0.25) is 0 Å². The van der Waals surface area contributed by atoms with Crippen molar-refractivity contribution >= 4 is 29.1 Å². The summed E-state index contributed by atoms with van der Waals surface area (Å²) in [6.07, 6.45) is 0.652. The van der Waals surface area contributed by atoms with Gasteiger partial charge in [0.05, 0.1) is 11.5 Å². The van der Waals surface area contributed by atoms with Crippen molar-refractivity contribution in [2.75, 3.05) is 6.61 Å². The van der Waals surface area contributed by atoms with Gasteiger partial charge in [0.1, 0.15) is 5.25 Å². The summed E-state index contributed by atoms with van der Waals surface area (Å²) in [7, 11) is 0. The van der Waals surface area contributed by atoms with Gasteiger partial charge in [0.2, 0.25) is 0 Å². The SMILES string of the molecule is CCOC(=O)[C@@H](CC)Sc1nnc(-c2sccc2C)o1. The van der Waals surface area contributed by atoms with E-state index in [0.717, 1.165) is 10.4 Å². The third-order valence-electron chi connectivity index (χ3n) is 2.63. The van der Waals surface area contributed by atoms with Gasteiger partial charge in [-0.3, -0.25) is 4.79 Å². The molecule has 5 nitrogen and oxygen atoms in total. The highest BCUT2D eigenvalue weighted by Gasteiger charge is 2.23. The minimum atomic E-state index is -0.312. The van der Waals surface area contributed by atoms with Crippen LogP contribution in [0.3, 0.4) is 0 Å². The summed E-state index contributed by atoms with van der Waals surface area (Å²) in [5.74, 6) is 0.255. The van der Waals surface area contributed by atoms with E-state index in [1.54, 1.807) is 18.3 Å². The highest BCUT2D eigenvalue weighted by atomic mass is 32.2. The van der Waals surface area contributed by atoms with Crippen LogP contribution in [0.1, 0.15) is 25.8 Å². The van der Waals surface area contributed by atoms with E-state index in [0.29, 0.717) is 24.1 Å². The number of carbonyl (C=O) groups excluding carboxylic acids is 1. The van der Waals surface area contributed by atoms with Gasteiger partial charge in [-0.05, 0) is 37.3 Å². The summed E-state index contributed by atoms with van der Waals surface area (Å²) >= 11 is 2.81. The molecule has 0 amide bonds. The Morgan fingerprint density at radius 2 is 2.30 bits per heavy atom. The lowest BCUT2D eigenvalue weighted by molar-refractivity contribution is -0.142. The van der Waals surface area contributed by atoms with E-state index in [4.69, 9.17) is 9.15 Å². The topological polar surface area (TPSA) is 65.2 Å². The number of hydrogen-bond acceptors (Lipinski definition) is 7. The number of aryl methyl sites for hydroxylation is 1. The van der Waals surface area contributed by atoms with Crippen molar-refractivity contribution in [3.05, 3.63) is 17.0 Å². The molecule has 2 heterocycles. The highest BCUT2D eigenvalue weighted by molar-refractivity contribution is 8.00. The van der Waals surface area contributed by atoms with E-state index in [2.05, 4.69) is 10.2 Å². The molecule has 20 heavy (non-hydrogen) atoms. The van der Waals surface area contributed by atoms with Gasteiger partial charge >= 0.3 is 5.97 Å². The van der Waals surface area contributed by atoms with Gasteiger partial charge in [-0.15, -0.1) is 21.5 Å². The molecule has 0 fully saturated rings. The number of rotatable bonds is 6. The van der Waals surface area contributed by atoms with Crippen molar-refractivity contribution in [1.29, 1.82) is 0 Å². The number of nitrogens with zero attached hydrogens (tertiary/aromatic N) is 2. The molecule has 1 atom stereocenters. The molecule has 0 radical (unpaired) electrons. The van der Waals surface area contributed by atoms with Crippen LogP contribution in [0.4, 0.5) is 0 Å². The predicted octanol–water partition coefficient (Wildman–Crippen LogP) is 3.54. The number of hydrogen-bond donors (Lipinski definition) is 0. The first kappa shape index (κ1) is 15.1. The Balaban J connectivity index is 2.09. The molecule has 2 rings (SSSR count). The lowest BCUT2D eigenvalue weighted by atomic mass is 10.3. The Hall–Kier alpha value is -1.34. The Morgan fingerprint density at radius 1 is 1.50 bits per heavy atom. The zero-order chi connectivity index (χ0) is 14.5. The first-order chi connectivity index (χ1) is 9.65. The van der Waals surface area contributed by atoms with Gasteiger partial charge in [-0.25, -0.2) is 0 Å². The molecule has 108 valence electrons. The van der Waals surface area contributed by atoms with Crippen molar-refractivity contribution in [3.8, 4) is 10.8 Å². The van der Waals surface area contributed by atoms with Crippen molar-refractivity contribution < 1.29 is 13.9 Å². The standard InChI is InChI=1S/C13H16N2O3S2/c1-4-9(12(16)17-5-2)20-13-15-14-11(18-13)10-8(3)6-7-19-10/h6-7,9H,4-5H2,1-3H3/t9-/m1/s1. The molecule has 0 N–H and O–H groups in total. The summed E-state index contributed by atoms with van der Waals surface area (Å²) in [5.41, 5.74) is 1.10. The third-order valence-corrected chi connectivity index (χ3v) is 4.81. The van der Waals surface area contributed by atoms with Crippen LogP contribution < -0.4 is 0 Å². The van der Waals surface area contributed by atoms with E-state index >= 15 is 0 Å². The normalized spacial score (nSPS) is 12.3. The van der Waals surface area contributed by atoms with Crippen molar-refractivity contribution in [2.45, 2.75) is 37.7 Å². The van der Waals surface area contributed by atoms with Gasteiger partial charge < -0.3 is 9.15 Å². The van der Waals surface area contributed by atoms with Crippen LogP contribution in [-0.4, -0.2) is 28.0 Å². The fourth-order valence-corrected chi connectivity index (χ4v) is 3.23. The van der Waals surface area contributed by atoms with Crippen LogP contribution in [0.5, 0.6) is 0 Å². The highest BCUT2D eigenvalue weighted by Crippen LogP contribution is 2.32. The molecule has 0 saturated carbocycles. The number of carbonyl (C=O) groups is 1. The van der Waals surface area contributed by atoms with Gasteiger partial charge in [0.15, 0.2) is 0 Å². The Bertz CT molecular complexity index is 580. The minimum Gasteiger partial charge on any atom is -0.465 e. The summed E-state index contributed by atoms with van der Waals surface area (Å²) < 4.78 is 10.6. The minimum absolute atomic E-state index is 0.243. The average molecular weight is 312 g/mol. The molecule has 0 aromatic carbocycles. The maximum Gasteiger partial charge on any atom is 0.319 e. The monoisotopic (exact) mass is 312 g/mol. The maximum absolute atomic E-state index is 11.7. The summed E-state index contributed by atoms with van der Waals surface area (Å²) in [4.78, 5) is 12.7. The lowest BCUT2D eigenvalue weighted by Gasteiger charge is -2.09. The van der Waals surface area contributed by atoms with E-state index in [1.807, 2.05) is 25.3 Å². The van der Waals surface area contributed by atoms with Gasteiger partial charge in [-0.1, -0.05) is 18.7 Å². The Morgan fingerprint density at radius 3 is 2.90 bits per heavy atom. The first-order valence-electron chi connectivity index (χ1n) is 6.37. The molecule has 2 aromatic heterocycles. The Labute approximate surface area is 125 Å². The van der Waals surface area contributed by atoms with Crippen LogP contribution in [-0.2, 0) is 9.53 Å². The summed E-state index contributed by atoms with van der Waals surface area (Å²) in [5, 5.41) is 10.1. The zero-order valence-electron chi connectivity index (χ0n) is 11.6. The van der Waals surface area contributed by atoms with Gasteiger partial charge in [0, 0.05) is 0 Å². The second-order valence-corrected chi connectivity index (χ2v) is 6.14. The van der Waals surface area contributed by atoms with E-state index < -0.39 is 0 Å². The fraction of sp³-hybridized carbons (Fsp3) is 0.462. The summed E-state index contributed by atoms with van der Waals surface area (Å²) in [6.45, 7) is 6.09. The molecule has 7 heteroatoms. The maximum atomic E-state index is 11.7. The predicted molar refractivity (Wildman–Crippen MR) is 78.9 cm³/mol. The smallest absolute Gasteiger partial charge is 0.319 e. The molecule has 0 aliphatic carbocycles.